The minimum atomic E-state index is -0.827. The Morgan fingerprint density at radius 2 is 1.96 bits per heavy atom. The lowest BCUT2D eigenvalue weighted by Crippen LogP contribution is -2.60. The molecule has 2 heterocycles. The Morgan fingerprint density at radius 1 is 1.17 bits per heavy atom. The van der Waals surface area contributed by atoms with Crippen molar-refractivity contribution in [3.8, 4) is 17.2 Å². The monoisotopic (exact) mass is 313 g/mol. The van der Waals surface area contributed by atoms with Crippen LogP contribution in [0.3, 0.4) is 0 Å². The third-order valence-corrected chi connectivity index (χ3v) is 3.99. The smallest absolute Gasteiger partial charge is 0.207 e. The number of ether oxygens (including phenoxy) is 1. The normalized spacial score (nSPS) is 18.8. The second kappa shape index (κ2) is 6.02. The fourth-order valence-corrected chi connectivity index (χ4v) is 2.74. The van der Waals surface area contributed by atoms with E-state index in [1.165, 1.54) is 0 Å². The van der Waals surface area contributed by atoms with Crippen molar-refractivity contribution in [3.05, 3.63) is 41.9 Å². The first-order valence-electron chi connectivity index (χ1n) is 7.28. The summed E-state index contributed by atoms with van der Waals surface area (Å²) >= 11 is 0. The molecular formula is C16H19N5O2. The summed E-state index contributed by atoms with van der Waals surface area (Å²) in [5.41, 5.74) is 3.66. The number of rotatable bonds is 4. The summed E-state index contributed by atoms with van der Waals surface area (Å²) in [6, 6.07) is 9.68. The average Bonchev–Trinajstić information content (AvgIpc) is 3.09. The lowest BCUT2D eigenvalue weighted by atomic mass is 9.99. The van der Waals surface area contributed by atoms with Crippen LogP contribution in [0.5, 0.6) is 0 Å². The van der Waals surface area contributed by atoms with E-state index >= 15 is 0 Å². The lowest BCUT2D eigenvalue weighted by molar-refractivity contribution is -0.141. The summed E-state index contributed by atoms with van der Waals surface area (Å²) in [7, 11) is 5.48. The van der Waals surface area contributed by atoms with Gasteiger partial charge in [-0.25, -0.2) is 0 Å². The quantitative estimate of drug-likeness (QED) is 0.632. The average molecular weight is 313 g/mol. The summed E-state index contributed by atoms with van der Waals surface area (Å²) in [4.78, 5) is 0. The van der Waals surface area contributed by atoms with E-state index in [0.29, 0.717) is 0 Å². The summed E-state index contributed by atoms with van der Waals surface area (Å²) < 4.78 is 11.2. The molecule has 1 aromatic heterocycles. The minimum Gasteiger partial charge on any atom is -0.453 e. The van der Waals surface area contributed by atoms with Gasteiger partial charge in [0.1, 0.15) is 12.3 Å². The van der Waals surface area contributed by atoms with E-state index in [0.717, 1.165) is 22.4 Å². The predicted molar refractivity (Wildman–Crippen MR) is 86.2 cm³/mol. The van der Waals surface area contributed by atoms with Gasteiger partial charge >= 0.3 is 0 Å². The summed E-state index contributed by atoms with van der Waals surface area (Å²) in [6.07, 6.45) is 1.25. The van der Waals surface area contributed by atoms with Crippen LogP contribution in [0.2, 0.25) is 0 Å². The number of nitrogens with one attached hydrogen (secondary N) is 4. The van der Waals surface area contributed by atoms with Gasteiger partial charge in [-0.15, -0.1) is 0 Å². The molecule has 23 heavy (non-hydrogen) atoms. The van der Waals surface area contributed by atoms with E-state index < -0.39 is 5.85 Å². The second-order valence-corrected chi connectivity index (χ2v) is 5.18. The van der Waals surface area contributed by atoms with Crippen molar-refractivity contribution in [2.45, 2.75) is 12.2 Å². The number of nitriles is 1. The first-order valence-corrected chi connectivity index (χ1v) is 7.28. The molecule has 0 saturated carbocycles. The number of fused-ring (bicyclic) bond motifs is 1. The van der Waals surface area contributed by atoms with Gasteiger partial charge in [-0.3, -0.25) is 16.0 Å². The molecule has 0 radical (unpaired) electrons. The Kier molecular flexibility index (Phi) is 4.07. The fraction of sp³-hybridized carbons (Fsp3) is 0.312. The number of hydrogen-bond donors (Lipinski definition) is 4. The van der Waals surface area contributed by atoms with Crippen LogP contribution in [0.15, 0.2) is 34.9 Å². The molecule has 1 aromatic carbocycles. The van der Waals surface area contributed by atoms with Crippen molar-refractivity contribution in [1.82, 2.24) is 16.0 Å². The lowest BCUT2D eigenvalue weighted by Gasteiger charge is -2.42. The first-order chi connectivity index (χ1) is 11.2. The van der Waals surface area contributed by atoms with Gasteiger partial charge in [0.25, 0.3) is 0 Å². The van der Waals surface area contributed by atoms with Crippen molar-refractivity contribution in [2.24, 2.45) is 0 Å². The highest BCUT2D eigenvalue weighted by molar-refractivity contribution is 5.70. The van der Waals surface area contributed by atoms with Crippen LogP contribution in [0.1, 0.15) is 11.3 Å². The van der Waals surface area contributed by atoms with E-state index in [1.807, 2.05) is 45.4 Å². The molecule has 1 aliphatic rings. The Balaban J connectivity index is 2.08. The molecule has 0 fully saturated rings. The predicted octanol–water partition coefficient (Wildman–Crippen LogP) is 1.31. The zero-order valence-corrected chi connectivity index (χ0v) is 13.2. The van der Waals surface area contributed by atoms with Crippen LogP contribution in [0, 0.1) is 11.3 Å². The molecule has 7 heteroatoms. The van der Waals surface area contributed by atoms with Crippen LogP contribution < -0.4 is 21.3 Å². The summed E-state index contributed by atoms with van der Waals surface area (Å²) in [6.45, 7) is 0. The highest BCUT2D eigenvalue weighted by Gasteiger charge is 2.39. The molecule has 0 aliphatic carbocycles. The highest BCUT2D eigenvalue weighted by atomic mass is 16.6. The van der Waals surface area contributed by atoms with Crippen molar-refractivity contribution < 1.29 is 9.15 Å². The molecule has 7 nitrogen and oxygen atoms in total. The third kappa shape index (κ3) is 2.58. The van der Waals surface area contributed by atoms with Crippen LogP contribution in [0.4, 0.5) is 5.69 Å². The number of anilines is 1. The maximum Gasteiger partial charge on any atom is 0.207 e. The van der Waals surface area contributed by atoms with Crippen molar-refractivity contribution >= 4 is 5.69 Å². The number of hydrogen-bond acceptors (Lipinski definition) is 7. The van der Waals surface area contributed by atoms with Gasteiger partial charge < -0.3 is 14.5 Å². The van der Waals surface area contributed by atoms with Crippen LogP contribution in [0.25, 0.3) is 11.1 Å². The maximum absolute atomic E-state index is 8.90. The van der Waals surface area contributed by atoms with Gasteiger partial charge in [0.15, 0.2) is 6.35 Å². The Morgan fingerprint density at radius 3 is 2.57 bits per heavy atom. The SMILES string of the molecule is CNC1Nc2ccc(-c3coc(C#N)c3)cc2C(NC)(NC)O1. The number of benzene rings is 1. The Labute approximate surface area is 134 Å². The van der Waals surface area contributed by atoms with Crippen LogP contribution in [-0.2, 0) is 10.6 Å². The van der Waals surface area contributed by atoms with Gasteiger partial charge in [-0.05, 0) is 38.8 Å². The molecule has 2 aromatic rings. The van der Waals surface area contributed by atoms with Crippen molar-refractivity contribution in [1.29, 1.82) is 5.26 Å². The van der Waals surface area contributed by atoms with E-state index in [2.05, 4.69) is 21.3 Å². The van der Waals surface area contributed by atoms with E-state index in [-0.39, 0.29) is 12.1 Å². The fourth-order valence-electron chi connectivity index (χ4n) is 2.74. The number of furan rings is 1. The standard InChI is InChI=1S/C16H19N5O2/c1-18-15-21-14-5-4-10(11-6-12(8-17)22-9-11)7-13(14)16(19-2,20-3)23-15/h4-7,9,15,18-21H,1-3H3. The maximum atomic E-state index is 8.90. The Hall–Kier alpha value is -2.37. The van der Waals surface area contributed by atoms with Crippen LogP contribution >= 0.6 is 0 Å². The molecule has 0 spiro atoms. The molecule has 1 unspecified atom stereocenters. The third-order valence-electron chi connectivity index (χ3n) is 3.99. The Bertz CT molecular complexity index is 745. The molecule has 0 amide bonds. The second-order valence-electron chi connectivity index (χ2n) is 5.18. The molecule has 4 N–H and O–H groups in total. The van der Waals surface area contributed by atoms with Gasteiger partial charge in [0.2, 0.25) is 11.6 Å². The summed E-state index contributed by atoms with van der Waals surface area (Å²) in [5, 5.41) is 21.6. The zero-order valence-electron chi connectivity index (χ0n) is 13.2. The van der Waals surface area contributed by atoms with Crippen molar-refractivity contribution in [2.75, 3.05) is 26.5 Å². The molecule has 0 saturated heterocycles. The van der Waals surface area contributed by atoms with Gasteiger partial charge in [-0.2, -0.15) is 5.26 Å². The van der Waals surface area contributed by atoms with E-state index in [1.54, 1.807) is 12.3 Å². The molecule has 0 bridgehead atoms. The van der Waals surface area contributed by atoms with E-state index in [4.69, 9.17) is 14.4 Å². The summed E-state index contributed by atoms with van der Waals surface area (Å²) in [5.74, 6) is -0.540. The molecular weight excluding hydrogens is 294 g/mol. The molecule has 1 aliphatic heterocycles. The largest absolute Gasteiger partial charge is 0.453 e. The topological polar surface area (TPSA) is 94.3 Å². The van der Waals surface area contributed by atoms with Gasteiger partial charge in [0.05, 0.1) is 0 Å². The molecule has 1 atom stereocenters. The number of nitrogens with zero attached hydrogens (tertiary/aromatic N) is 1. The minimum absolute atomic E-state index is 0.288. The van der Waals surface area contributed by atoms with Gasteiger partial charge in [-0.1, -0.05) is 6.07 Å². The van der Waals surface area contributed by atoms with E-state index in [9.17, 15) is 0 Å². The van der Waals surface area contributed by atoms with Crippen LogP contribution in [-0.4, -0.2) is 27.5 Å². The van der Waals surface area contributed by atoms with Gasteiger partial charge in [0, 0.05) is 22.9 Å². The molecule has 3 rings (SSSR count). The first kappa shape index (κ1) is 15.5. The van der Waals surface area contributed by atoms with Crippen molar-refractivity contribution in [3.63, 3.8) is 0 Å². The molecule has 120 valence electrons. The zero-order chi connectivity index (χ0) is 16.4. The highest BCUT2D eigenvalue weighted by Crippen LogP contribution is 2.36.